The fraction of sp³-hybridized carbons (Fsp3) is 0.308. The Kier molecular flexibility index (Phi) is 6.64. The molecule has 1 amide bonds. The van der Waals surface area contributed by atoms with Gasteiger partial charge in [-0.25, -0.2) is 4.79 Å². The molecule has 0 aliphatic rings. The second-order valence-electron chi connectivity index (χ2n) is 4.11. The molecule has 1 aromatic rings. The zero-order valence-corrected chi connectivity index (χ0v) is 13.4. The normalized spacial score (nSPS) is 11.6. The highest BCUT2D eigenvalue weighted by molar-refractivity contribution is 9.10. The number of hydrogen-bond donors (Lipinski definition) is 2. The Morgan fingerprint density at radius 2 is 2.10 bits per heavy atom. The summed E-state index contributed by atoms with van der Waals surface area (Å²) in [4.78, 5) is 34.1. The highest BCUT2D eigenvalue weighted by atomic mass is 79.9. The number of nitrogens with one attached hydrogen (secondary N) is 1. The quantitative estimate of drug-likeness (QED) is 0.741. The summed E-state index contributed by atoms with van der Waals surface area (Å²) in [5.74, 6) is -2.32. The molecule has 21 heavy (non-hydrogen) atoms. The van der Waals surface area contributed by atoms with Crippen molar-refractivity contribution in [3.8, 4) is 0 Å². The first-order valence-electron chi connectivity index (χ1n) is 5.90. The Bertz CT molecular complexity index is 563. The third-order valence-electron chi connectivity index (χ3n) is 2.65. The van der Waals surface area contributed by atoms with Gasteiger partial charge in [-0.05, 0) is 40.5 Å². The Balaban J connectivity index is 2.74. The van der Waals surface area contributed by atoms with Gasteiger partial charge in [0.05, 0.1) is 12.1 Å². The van der Waals surface area contributed by atoms with E-state index in [4.69, 9.17) is 16.7 Å². The van der Waals surface area contributed by atoms with Crippen LogP contribution in [0.5, 0.6) is 0 Å². The summed E-state index contributed by atoms with van der Waals surface area (Å²) in [5, 5.41) is 11.8. The van der Waals surface area contributed by atoms with Crippen LogP contribution in [-0.4, -0.2) is 36.1 Å². The van der Waals surface area contributed by atoms with E-state index in [0.29, 0.717) is 9.50 Å². The number of carbonyl (C=O) groups is 3. The van der Waals surface area contributed by atoms with Crippen molar-refractivity contribution >= 4 is 45.4 Å². The molecule has 2 N–H and O–H groups in total. The van der Waals surface area contributed by atoms with Crippen molar-refractivity contribution < 1.29 is 24.2 Å². The lowest BCUT2D eigenvalue weighted by molar-refractivity contribution is -0.142. The van der Waals surface area contributed by atoms with Crippen molar-refractivity contribution in [3.63, 3.8) is 0 Å². The predicted molar refractivity (Wildman–Crippen MR) is 79.3 cm³/mol. The summed E-state index contributed by atoms with van der Waals surface area (Å²) >= 11 is 9.00. The SMILES string of the molecule is COC(=O)CCC(NC(=O)c1ccc(Cl)c(Br)c1)C(=O)O. The van der Waals surface area contributed by atoms with Crippen LogP contribution in [0.15, 0.2) is 22.7 Å². The molecular formula is C13H13BrClNO5. The van der Waals surface area contributed by atoms with Gasteiger partial charge in [0, 0.05) is 16.5 Å². The Labute approximate surface area is 134 Å². The predicted octanol–water partition coefficient (Wildman–Crippen LogP) is 2.24. The Hall–Kier alpha value is -1.60. The topological polar surface area (TPSA) is 92.7 Å². The standard InChI is InChI=1S/C13H13BrClNO5/c1-21-11(17)5-4-10(13(19)20)16-12(18)7-2-3-9(15)8(14)6-7/h2-3,6,10H,4-5H2,1H3,(H,16,18)(H,19,20). The maximum Gasteiger partial charge on any atom is 0.326 e. The highest BCUT2D eigenvalue weighted by Gasteiger charge is 2.22. The minimum Gasteiger partial charge on any atom is -0.480 e. The van der Waals surface area contributed by atoms with Gasteiger partial charge in [0.15, 0.2) is 0 Å². The number of ether oxygens (including phenoxy) is 1. The number of halogens is 2. The largest absolute Gasteiger partial charge is 0.480 e. The molecule has 1 atom stereocenters. The molecule has 1 aromatic carbocycles. The molecule has 0 spiro atoms. The van der Waals surface area contributed by atoms with Crippen molar-refractivity contribution in [2.24, 2.45) is 0 Å². The van der Waals surface area contributed by atoms with E-state index < -0.39 is 23.9 Å². The van der Waals surface area contributed by atoms with Gasteiger partial charge in [-0.15, -0.1) is 0 Å². The fourth-order valence-electron chi connectivity index (χ4n) is 1.50. The van der Waals surface area contributed by atoms with Crippen molar-refractivity contribution in [1.82, 2.24) is 5.32 Å². The van der Waals surface area contributed by atoms with Crippen molar-refractivity contribution in [3.05, 3.63) is 33.3 Å². The third kappa shape index (κ3) is 5.35. The second-order valence-corrected chi connectivity index (χ2v) is 5.37. The second kappa shape index (κ2) is 7.99. The van der Waals surface area contributed by atoms with Gasteiger partial charge in [0.25, 0.3) is 5.91 Å². The number of rotatable bonds is 6. The van der Waals surface area contributed by atoms with Crippen LogP contribution in [0.1, 0.15) is 23.2 Å². The number of carboxylic acids is 1. The molecule has 114 valence electrons. The summed E-state index contributed by atoms with van der Waals surface area (Å²) in [6.07, 6.45) is -0.152. The minimum atomic E-state index is -1.22. The number of benzene rings is 1. The molecule has 1 rings (SSSR count). The lowest BCUT2D eigenvalue weighted by atomic mass is 10.1. The first-order valence-corrected chi connectivity index (χ1v) is 7.07. The van der Waals surface area contributed by atoms with E-state index in [1.165, 1.54) is 25.3 Å². The average molecular weight is 379 g/mol. The summed E-state index contributed by atoms with van der Waals surface area (Å²) in [6.45, 7) is 0. The molecule has 1 unspecified atom stereocenters. The number of carbonyl (C=O) groups excluding carboxylic acids is 2. The maximum absolute atomic E-state index is 12.0. The van der Waals surface area contributed by atoms with Crippen molar-refractivity contribution in [1.29, 1.82) is 0 Å². The van der Waals surface area contributed by atoms with Crippen LogP contribution in [0.3, 0.4) is 0 Å². The van der Waals surface area contributed by atoms with Crippen LogP contribution in [0.4, 0.5) is 0 Å². The molecule has 0 saturated heterocycles. The Morgan fingerprint density at radius 3 is 2.62 bits per heavy atom. The van der Waals surface area contributed by atoms with Gasteiger partial charge >= 0.3 is 11.9 Å². The third-order valence-corrected chi connectivity index (χ3v) is 3.86. The molecule has 0 aromatic heterocycles. The lowest BCUT2D eigenvalue weighted by Crippen LogP contribution is -2.41. The first kappa shape index (κ1) is 17.5. The first-order chi connectivity index (χ1) is 9.85. The molecule has 0 heterocycles. The monoisotopic (exact) mass is 377 g/mol. The molecule has 0 radical (unpaired) electrons. The zero-order valence-electron chi connectivity index (χ0n) is 11.1. The van der Waals surface area contributed by atoms with Crippen molar-refractivity contribution in [2.75, 3.05) is 7.11 Å². The number of methoxy groups -OCH3 is 1. The van der Waals surface area contributed by atoms with E-state index in [0.717, 1.165) is 0 Å². The number of amides is 1. The molecular weight excluding hydrogens is 366 g/mol. The van der Waals surface area contributed by atoms with Crippen LogP contribution in [0.2, 0.25) is 5.02 Å². The molecule has 0 aliphatic carbocycles. The number of aliphatic carboxylic acids is 1. The van der Waals surface area contributed by atoms with E-state index >= 15 is 0 Å². The van der Waals surface area contributed by atoms with E-state index in [9.17, 15) is 14.4 Å². The van der Waals surface area contributed by atoms with Gasteiger partial charge in [0.1, 0.15) is 6.04 Å². The highest BCUT2D eigenvalue weighted by Crippen LogP contribution is 2.23. The molecule has 0 fully saturated rings. The lowest BCUT2D eigenvalue weighted by Gasteiger charge is -2.14. The van der Waals surface area contributed by atoms with E-state index in [1.807, 2.05) is 0 Å². The van der Waals surface area contributed by atoms with Crippen LogP contribution in [-0.2, 0) is 14.3 Å². The fourth-order valence-corrected chi connectivity index (χ4v) is 2.00. The van der Waals surface area contributed by atoms with Gasteiger partial charge in [0.2, 0.25) is 0 Å². The summed E-state index contributed by atoms with van der Waals surface area (Å²) in [5.41, 5.74) is 0.260. The Morgan fingerprint density at radius 1 is 1.43 bits per heavy atom. The molecule has 0 aliphatic heterocycles. The van der Waals surface area contributed by atoms with Crippen LogP contribution >= 0.6 is 27.5 Å². The minimum absolute atomic E-state index is 0.0531. The molecule has 0 saturated carbocycles. The van der Waals surface area contributed by atoms with Crippen LogP contribution in [0.25, 0.3) is 0 Å². The summed E-state index contributed by atoms with van der Waals surface area (Å²) in [7, 11) is 1.21. The number of hydrogen-bond acceptors (Lipinski definition) is 4. The summed E-state index contributed by atoms with van der Waals surface area (Å²) < 4.78 is 4.96. The number of esters is 1. The molecule has 6 nitrogen and oxygen atoms in total. The van der Waals surface area contributed by atoms with Gasteiger partial charge < -0.3 is 15.2 Å². The van der Waals surface area contributed by atoms with Gasteiger partial charge in [-0.1, -0.05) is 11.6 Å². The number of carboxylic acid groups (broad SMARTS) is 1. The smallest absolute Gasteiger partial charge is 0.326 e. The van der Waals surface area contributed by atoms with E-state index in [1.54, 1.807) is 0 Å². The average Bonchev–Trinajstić information content (AvgIpc) is 2.45. The molecule has 0 bridgehead atoms. The zero-order chi connectivity index (χ0) is 16.0. The van der Waals surface area contributed by atoms with Crippen LogP contribution in [0, 0.1) is 0 Å². The van der Waals surface area contributed by atoms with E-state index in [-0.39, 0.29) is 18.4 Å². The van der Waals surface area contributed by atoms with E-state index in [2.05, 4.69) is 26.0 Å². The summed E-state index contributed by atoms with van der Waals surface area (Å²) in [6, 6.07) is 3.30. The van der Waals surface area contributed by atoms with Gasteiger partial charge in [-0.2, -0.15) is 0 Å². The van der Waals surface area contributed by atoms with Crippen LogP contribution < -0.4 is 5.32 Å². The van der Waals surface area contributed by atoms with Gasteiger partial charge in [-0.3, -0.25) is 9.59 Å². The maximum atomic E-state index is 12.0. The molecule has 8 heteroatoms. The van der Waals surface area contributed by atoms with Crippen molar-refractivity contribution in [2.45, 2.75) is 18.9 Å².